The van der Waals surface area contributed by atoms with Crippen LogP contribution >= 0.6 is 0 Å². The molecule has 236 valence electrons. The van der Waals surface area contributed by atoms with E-state index in [0.717, 1.165) is 6.07 Å². The maximum Gasteiger partial charge on any atom is 0.136 e. The van der Waals surface area contributed by atoms with Crippen molar-refractivity contribution >= 4 is 75.8 Å². The van der Waals surface area contributed by atoms with Crippen LogP contribution in [-0.4, -0.2) is 0 Å². The van der Waals surface area contributed by atoms with Gasteiger partial charge in [0.15, 0.2) is 0 Å². The van der Waals surface area contributed by atoms with Crippen LogP contribution in [0.3, 0.4) is 0 Å². The lowest BCUT2D eigenvalue weighted by molar-refractivity contribution is 0.669. The van der Waals surface area contributed by atoms with E-state index >= 15 is 0 Å². The molecule has 0 N–H and O–H groups in total. The predicted octanol–water partition coefficient (Wildman–Crippen LogP) is 14.4. The van der Waals surface area contributed by atoms with Crippen LogP contribution < -0.4 is 0 Å². The molecule has 0 aliphatic rings. The van der Waals surface area contributed by atoms with Gasteiger partial charge in [-0.25, -0.2) is 0 Å². The zero-order valence-electron chi connectivity index (χ0n) is 54.5. The lowest BCUT2D eigenvalue weighted by atomic mass is 9.81. The van der Waals surface area contributed by atoms with Crippen LogP contribution in [0.4, 0.5) is 0 Å². The van der Waals surface area contributed by atoms with Gasteiger partial charge in [0, 0.05) is 10.8 Å². The third-order valence-corrected chi connectivity index (χ3v) is 8.68. The van der Waals surface area contributed by atoms with Crippen LogP contribution in [0.15, 0.2) is 186 Å². The van der Waals surface area contributed by atoms with Crippen molar-refractivity contribution in [3.63, 3.8) is 0 Å². The highest BCUT2D eigenvalue weighted by Gasteiger charge is 2.22. The summed E-state index contributed by atoms with van der Waals surface area (Å²) < 4.78 is 271. The molecule has 0 unspecified atom stereocenters. The summed E-state index contributed by atoms with van der Waals surface area (Å²) in [6.45, 7) is 0. The van der Waals surface area contributed by atoms with Gasteiger partial charge in [0.2, 0.25) is 0 Å². The van der Waals surface area contributed by atoms with Gasteiger partial charge in [-0.3, -0.25) is 0 Å². The van der Waals surface area contributed by atoms with Crippen LogP contribution in [0.25, 0.3) is 109 Å². The van der Waals surface area contributed by atoms with Crippen molar-refractivity contribution in [2.24, 2.45) is 0 Å². The van der Waals surface area contributed by atoms with E-state index in [2.05, 4.69) is 0 Å². The van der Waals surface area contributed by atoms with Crippen molar-refractivity contribution in [1.82, 2.24) is 0 Å². The second-order valence-corrected chi connectivity index (χ2v) is 11.3. The topological polar surface area (TPSA) is 13.1 Å². The third-order valence-electron chi connectivity index (χ3n) is 8.68. The first-order valence-electron chi connectivity index (χ1n) is 29.7. The van der Waals surface area contributed by atoms with E-state index in [9.17, 15) is 15.1 Å². The maximum atomic E-state index is 9.90. The molecule has 0 atom stereocenters. The average molecular weight is 676 g/mol. The minimum Gasteiger partial charge on any atom is -0.456 e. The fourth-order valence-electron chi connectivity index (χ4n) is 6.59. The van der Waals surface area contributed by atoms with E-state index in [4.69, 9.17) is 29.1 Å². The van der Waals surface area contributed by atoms with Crippen molar-refractivity contribution < 1.29 is 44.2 Å². The fraction of sp³-hybridized carbons (Fsp3) is 0. The second-order valence-electron chi connectivity index (χ2n) is 11.3. The highest BCUT2D eigenvalue weighted by atomic mass is 16.3. The van der Waals surface area contributed by atoms with Crippen molar-refractivity contribution in [3.05, 3.63) is 181 Å². The third kappa shape index (κ3) is 4.16. The Morgan fingerprint density at radius 2 is 0.922 bits per heavy atom. The normalized spacial score (nSPS) is 19.9. The number of rotatable bonds is 3. The van der Waals surface area contributed by atoms with Crippen molar-refractivity contribution in [2.75, 3.05) is 0 Å². The quantitative estimate of drug-likeness (QED) is 0.170. The largest absolute Gasteiger partial charge is 0.456 e. The predicted molar refractivity (Wildman–Crippen MR) is 218 cm³/mol. The molecule has 11 rings (SSSR count). The van der Waals surface area contributed by atoms with Crippen LogP contribution in [0.2, 0.25) is 0 Å². The minimum absolute atomic E-state index is 0.393. The SMILES string of the molecule is [2H]c1cc([2H])c2c(-c3c([2H])c([2H])c([2H])c4c([2H])c([2H])c([2H])c([2H])c34)c3c([2H])c([2H])c([2H])c([2H])c3c(-c3c(-c4c([2H])c([2H])c5c(oc6c([2H])c([2H])c7c([2H])c([2H])c([2H])c([2H])c7c65)c4[2H])c([2H])c([2H])c4c([2H])c([2H])c([2H])c([2H])c34)c2c1[2H]. The molecule has 1 heteroatoms. The summed E-state index contributed by atoms with van der Waals surface area (Å²) in [4.78, 5) is 0. The molecule has 0 bridgehead atoms. The molecular weight excluding hydrogens is 617 g/mol. The van der Waals surface area contributed by atoms with Gasteiger partial charge < -0.3 is 4.42 Å². The average Bonchev–Trinajstić information content (AvgIpc) is 3.09. The van der Waals surface area contributed by atoms with Crippen molar-refractivity contribution in [3.8, 4) is 33.4 Å². The molecule has 11 aromatic rings. The van der Waals surface area contributed by atoms with Crippen LogP contribution in [0.1, 0.15) is 39.8 Å². The van der Waals surface area contributed by atoms with Crippen LogP contribution in [-0.2, 0) is 0 Å². The maximum absolute atomic E-state index is 9.90. The van der Waals surface area contributed by atoms with Gasteiger partial charge in [-0.15, -0.1) is 0 Å². The number of furan rings is 1. The highest BCUT2D eigenvalue weighted by Crippen LogP contribution is 2.49. The number of benzene rings is 10. The van der Waals surface area contributed by atoms with Gasteiger partial charge in [-0.2, -0.15) is 0 Å². The second kappa shape index (κ2) is 10.9. The highest BCUT2D eigenvalue weighted by molar-refractivity contribution is 6.27. The Morgan fingerprint density at radius 1 is 0.333 bits per heavy atom. The Labute approximate surface area is 335 Å². The van der Waals surface area contributed by atoms with E-state index in [1.807, 2.05) is 0 Å². The van der Waals surface area contributed by atoms with Crippen molar-refractivity contribution in [1.29, 1.82) is 0 Å². The van der Waals surface area contributed by atoms with Crippen LogP contribution in [0.5, 0.6) is 0 Å². The lowest BCUT2D eigenvalue weighted by Gasteiger charge is -2.21. The van der Waals surface area contributed by atoms with Gasteiger partial charge in [0.25, 0.3) is 0 Å². The number of fused-ring (bicyclic) bond motifs is 9. The smallest absolute Gasteiger partial charge is 0.136 e. The molecule has 10 aromatic carbocycles. The summed E-state index contributed by atoms with van der Waals surface area (Å²) in [6, 6.07) is -25.8. The molecule has 1 heterocycles. The number of hydrogen-bond acceptors (Lipinski definition) is 1. The van der Waals surface area contributed by atoms with Gasteiger partial charge in [-0.1, -0.05) is 163 Å². The summed E-state index contributed by atoms with van der Waals surface area (Å²) in [6.07, 6.45) is 0. The molecule has 0 radical (unpaired) electrons. The Hall–Kier alpha value is -6.70. The summed E-state index contributed by atoms with van der Waals surface area (Å²) in [5, 5.41) is -7.54. The molecule has 0 fully saturated rings. The standard InChI is InChI=1S/C50H30O/c1-4-16-35-31(12-1)15-11-23-39(35)47-40-19-7-9-21-42(40)50(43-22-10-8-20-41(43)47)49-37-18-6-3-13-32(37)24-27-38(49)34-25-28-44-46(30-34)51-45-29-26-33-14-2-5-17-36(33)48(44)45/h1-30H/i1D,2D,3D,4D,5D,6D,7D,9D,10D,11D,12D,13D,14D,15D,16D,17D,18D,19D,20D,21D,22D,23D,24D,25D,26D,27D,28D,29D,30D. The van der Waals surface area contributed by atoms with Gasteiger partial charge in [0.1, 0.15) is 11.2 Å². The first kappa shape index (κ1) is 12.0. The molecule has 0 saturated heterocycles. The number of hydrogen-bond donors (Lipinski definition) is 0. The minimum atomic E-state index is -1.09. The first-order chi connectivity index (χ1) is 37.4. The molecule has 0 spiro atoms. The van der Waals surface area contributed by atoms with Crippen molar-refractivity contribution in [2.45, 2.75) is 0 Å². The Kier molecular flexibility index (Phi) is 2.56. The van der Waals surface area contributed by atoms with Gasteiger partial charge >= 0.3 is 0 Å². The van der Waals surface area contributed by atoms with E-state index in [0.29, 0.717) is 0 Å². The monoisotopic (exact) mass is 675 g/mol. The molecule has 0 aliphatic carbocycles. The van der Waals surface area contributed by atoms with Gasteiger partial charge in [0.05, 0.1) is 39.8 Å². The molecule has 51 heavy (non-hydrogen) atoms. The van der Waals surface area contributed by atoms with E-state index in [1.54, 1.807) is 0 Å². The molecule has 1 nitrogen and oxygen atoms in total. The Balaban J connectivity index is 1.49. The lowest BCUT2D eigenvalue weighted by Crippen LogP contribution is -1.94. The summed E-state index contributed by atoms with van der Waals surface area (Å²) in [7, 11) is 0. The van der Waals surface area contributed by atoms with E-state index < -0.39 is 284 Å². The molecular formula is C50H30O. The zero-order valence-corrected chi connectivity index (χ0v) is 25.5. The van der Waals surface area contributed by atoms with E-state index in [-0.39, 0.29) is 0 Å². The summed E-state index contributed by atoms with van der Waals surface area (Å²) in [5.74, 6) is 0. The van der Waals surface area contributed by atoms with E-state index in [1.165, 1.54) is 0 Å². The summed E-state index contributed by atoms with van der Waals surface area (Å²) in [5.41, 5.74) is -6.03. The molecule has 0 amide bonds. The Morgan fingerprint density at radius 3 is 1.73 bits per heavy atom. The van der Waals surface area contributed by atoms with Gasteiger partial charge in [-0.05, 0) is 105 Å². The Bertz CT molecular complexity index is 4860. The molecule has 1 aromatic heterocycles. The van der Waals surface area contributed by atoms with Crippen LogP contribution in [0, 0.1) is 0 Å². The fourth-order valence-corrected chi connectivity index (χ4v) is 6.59. The molecule has 0 aliphatic heterocycles. The zero-order chi connectivity index (χ0) is 58.7. The first-order valence-corrected chi connectivity index (χ1v) is 15.2. The summed E-state index contributed by atoms with van der Waals surface area (Å²) >= 11 is 0. The molecule has 0 saturated carbocycles.